The fourth-order valence-electron chi connectivity index (χ4n) is 2.94. The van der Waals surface area contributed by atoms with Gasteiger partial charge in [-0.25, -0.2) is 9.59 Å². The Morgan fingerprint density at radius 1 is 0.923 bits per heavy atom. The molecule has 1 unspecified atom stereocenters. The van der Waals surface area contributed by atoms with Gasteiger partial charge >= 0.3 is 12.1 Å². The molecule has 2 N–H and O–H groups in total. The lowest BCUT2D eigenvalue weighted by Gasteiger charge is -2.24. The minimum Gasteiger partial charge on any atom is -0.459 e. The van der Waals surface area contributed by atoms with Gasteiger partial charge in [0.1, 0.15) is 19.3 Å². The lowest BCUT2D eigenvalue weighted by Crippen LogP contribution is -2.48. The van der Waals surface area contributed by atoms with Gasteiger partial charge in [0.25, 0.3) is 0 Å². The molecule has 2 aromatic carbocycles. The van der Waals surface area contributed by atoms with Crippen LogP contribution in [0.4, 0.5) is 4.79 Å². The van der Waals surface area contributed by atoms with E-state index in [9.17, 15) is 9.59 Å². The van der Waals surface area contributed by atoms with Gasteiger partial charge in [0, 0.05) is 12.6 Å². The van der Waals surface area contributed by atoms with Crippen LogP contribution in [0.2, 0.25) is 0 Å². The summed E-state index contributed by atoms with van der Waals surface area (Å²) in [6, 6.07) is 17.5. The quantitative estimate of drug-likeness (QED) is 0.834. The summed E-state index contributed by atoms with van der Waals surface area (Å²) in [5.41, 5.74) is 7.80. The van der Waals surface area contributed by atoms with Crippen molar-refractivity contribution in [2.75, 3.05) is 6.54 Å². The summed E-state index contributed by atoms with van der Waals surface area (Å²) in [5.74, 6) is -0.504. The Kier molecular flexibility index (Phi) is 5.86. The largest absolute Gasteiger partial charge is 0.459 e. The SMILES string of the molecule is NC1CCN(C(=O)OCc2ccccc2)[C@H]1C(=O)OCc1ccccc1. The highest BCUT2D eigenvalue weighted by Crippen LogP contribution is 2.20. The third-order valence-electron chi connectivity index (χ3n) is 4.35. The Hall–Kier alpha value is -2.86. The van der Waals surface area contributed by atoms with Gasteiger partial charge < -0.3 is 15.2 Å². The van der Waals surface area contributed by atoms with Crippen LogP contribution in [0.3, 0.4) is 0 Å². The summed E-state index contributed by atoms with van der Waals surface area (Å²) in [5, 5.41) is 0. The number of esters is 1. The summed E-state index contributed by atoms with van der Waals surface area (Å²) in [6.45, 7) is 0.673. The van der Waals surface area contributed by atoms with E-state index < -0.39 is 24.1 Å². The molecular formula is C20H22N2O4. The van der Waals surface area contributed by atoms with E-state index in [1.165, 1.54) is 4.90 Å². The number of rotatable bonds is 5. The number of carbonyl (C=O) groups is 2. The van der Waals surface area contributed by atoms with E-state index in [2.05, 4.69) is 0 Å². The van der Waals surface area contributed by atoms with E-state index in [4.69, 9.17) is 15.2 Å². The maximum Gasteiger partial charge on any atom is 0.410 e. The first-order chi connectivity index (χ1) is 12.6. The molecule has 1 heterocycles. The molecule has 1 fully saturated rings. The van der Waals surface area contributed by atoms with Gasteiger partial charge in [-0.05, 0) is 17.5 Å². The Balaban J connectivity index is 1.57. The first-order valence-corrected chi connectivity index (χ1v) is 8.58. The third-order valence-corrected chi connectivity index (χ3v) is 4.35. The topological polar surface area (TPSA) is 81.9 Å². The summed E-state index contributed by atoms with van der Waals surface area (Å²) >= 11 is 0. The average molecular weight is 354 g/mol. The van der Waals surface area contributed by atoms with Crippen molar-refractivity contribution >= 4 is 12.1 Å². The lowest BCUT2D eigenvalue weighted by molar-refractivity contribution is -0.150. The first-order valence-electron chi connectivity index (χ1n) is 8.58. The highest BCUT2D eigenvalue weighted by Gasteiger charge is 2.42. The van der Waals surface area contributed by atoms with Crippen LogP contribution in [0.15, 0.2) is 60.7 Å². The van der Waals surface area contributed by atoms with Gasteiger partial charge in [0.2, 0.25) is 0 Å². The number of hydrogen-bond acceptors (Lipinski definition) is 5. The molecule has 1 aliphatic heterocycles. The molecule has 0 radical (unpaired) electrons. The van der Waals surface area contributed by atoms with Crippen molar-refractivity contribution in [2.24, 2.45) is 5.73 Å². The molecule has 6 heteroatoms. The van der Waals surface area contributed by atoms with Crippen LogP contribution in [0.1, 0.15) is 17.5 Å². The van der Waals surface area contributed by atoms with Crippen molar-refractivity contribution < 1.29 is 19.1 Å². The molecule has 0 saturated carbocycles. The molecule has 2 aromatic rings. The number of nitrogens with two attached hydrogens (primary N) is 1. The van der Waals surface area contributed by atoms with Crippen LogP contribution in [0.25, 0.3) is 0 Å². The van der Waals surface area contributed by atoms with Gasteiger partial charge in [-0.15, -0.1) is 0 Å². The number of ether oxygens (including phenoxy) is 2. The highest BCUT2D eigenvalue weighted by atomic mass is 16.6. The standard InChI is InChI=1S/C20H22N2O4/c21-17-11-12-22(20(24)26-14-16-9-5-2-6-10-16)18(17)19(23)25-13-15-7-3-1-4-8-15/h1-10,17-18H,11-14,21H2/t17?,18-/m1/s1. The minimum absolute atomic E-state index is 0.149. The highest BCUT2D eigenvalue weighted by molar-refractivity contribution is 5.83. The number of benzene rings is 2. The first kappa shape index (κ1) is 17.9. The van der Waals surface area contributed by atoms with Crippen LogP contribution in [0.5, 0.6) is 0 Å². The zero-order valence-corrected chi connectivity index (χ0v) is 14.4. The zero-order valence-electron chi connectivity index (χ0n) is 14.4. The number of hydrogen-bond donors (Lipinski definition) is 1. The van der Waals surface area contributed by atoms with Crippen molar-refractivity contribution in [2.45, 2.75) is 31.7 Å². The molecule has 0 spiro atoms. The minimum atomic E-state index is -0.818. The average Bonchev–Trinajstić information content (AvgIpc) is 3.07. The lowest BCUT2D eigenvalue weighted by atomic mass is 10.1. The summed E-state index contributed by atoms with van der Waals surface area (Å²) < 4.78 is 10.7. The Morgan fingerprint density at radius 2 is 1.46 bits per heavy atom. The molecule has 0 aromatic heterocycles. The second kappa shape index (κ2) is 8.49. The molecule has 1 amide bonds. The van der Waals surface area contributed by atoms with Crippen molar-refractivity contribution in [3.63, 3.8) is 0 Å². The van der Waals surface area contributed by atoms with Crippen LogP contribution in [-0.4, -0.2) is 35.6 Å². The third kappa shape index (κ3) is 4.40. The van der Waals surface area contributed by atoms with E-state index >= 15 is 0 Å². The van der Waals surface area contributed by atoms with E-state index in [1.807, 2.05) is 60.7 Å². The predicted molar refractivity (Wildman–Crippen MR) is 96.0 cm³/mol. The molecule has 26 heavy (non-hydrogen) atoms. The van der Waals surface area contributed by atoms with Crippen LogP contribution in [0, 0.1) is 0 Å². The van der Waals surface area contributed by atoms with Crippen molar-refractivity contribution in [1.29, 1.82) is 0 Å². The number of likely N-dealkylation sites (tertiary alicyclic amines) is 1. The van der Waals surface area contributed by atoms with Crippen LogP contribution >= 0.6 is 0 Å². The van der Waals surface area contributed by atoms with Crippen LogP contribution < -0.4 is 5.73 Å². The van der Waals surface area contributed by atoms with E-state index in [1.54, 1.807) is 0 Å². The van der Waals surface area contributed by atoms with Crippen molar-refractivity contribution in [3.05, 3.63) is 71.8 Å². The van der Waals surface area contributed by atoms with Crippen molar-refractivity contribution in [1.82, 2.24) is 4.90 Å². The fraction of sp³-hybridized carbons (Fsp3) is 0.300. The van der Waals surface area contributed by atoms with Crippen LogP contribution in [-0.2, 0) is 27.5 Å². The maximum absolute atomic E-state index is 12.5. The molecule has 3 rings (SSSR count). The maximum atomic E-state index is 12.5. The molecule has 136 valence electrons. The van der Waals surface area contributed by atoms with Gasteiger partial charge in [-0.1, -0.05) is 60.7 Å². The monoisotopic (exact) mass is 354 g/mol. The normalized spacial score (nSPS) is 19.2. The number of nitrogens with zero attached hydrogens (tertiary/aromatic N) is 1. The summed E-state index contributed by atoms with van der Waals surface area (Å²) in [6.07, 6.45) is -0.0191. The van der Waals surface area contributed by atoms with Gasteiger partial charge in [-0.2, -0.15) is 0 Å². The Bertz CT molecular complexity index is 736. The molecular weight excluding hydrogens is 332 g/mol. The van der Waals surface area contributed by atoms with Gasteiger partial charge in [-0.3, -0.25) is 4.90 Å². The van der Waals surface area contributed by atoms with E-state index in [0.717, 1.165) is 11.1 Å². The second-order valence-electron chi connectivity index (χ2n) is 6.22. The summed E-state index contributed by atoms with van der Waals surface area (Å²) in [4.78, 5) is 26.2. The van der Waals surface area contributed by atoms with E-state index in [-0.39, 0.29) is 13.2 Å². The fourth-order valence-corrected chi connectivity index (χ4v) is 2.94. The van der Waals surface area contributed by atoms with Gasteiger partial charge in [0.15, 0.2) is 0 Å². The van der Waals surface area contributed by atoms with E-state index in [0.29, 0.717) is 13.0 Å². The van der Waals surface area contributed by atoms with Gasteiger partial charge in [0.05, 0.1) is 0 Å². The molecule has 6 nitrogen and oxygen atoms in total. The molecule has 2 atom stereocenters. The molecule has 1 saturated heterocycles. The zero-order chi connectivity index (χ0) is 18.4. The number of carbonyl (C=O) groups excluding carboxylic acids is 2. The van der Waals surface area contributed by atoms with Crippen molar-refractivity contribution in [3.8, 4) is 0 Å². The molecule has 0 aliphatic carbocycles. The summed E-state index contributed by atoms with van der Waals surface area (Å²) in [7, 11) is 0. The smallest absolute Gasteiger partial charge is 0.410 e. The molecule has 0 bridgehead atoms. The Morgan fingerprint density at radius 3 is 2.04 bits per heavy atom. The second-order valence-corrected chi connectivity index (χ2v) is 6.22. The number of amides is 1. The predicted octanol–water partition coefficient (Wildman–Crippen LogP) is 2.47. The molecule has 1 aliphatic rings. The Labute approximate surface area is 152 Å².